The molecule has 0 spiro atoms. The molecular formula is C28H41N5O5. The van der Waals surface area contributed by atoms with E-state index in [4.69, 9.17) is 4.52 Å². The summed E-state index contributed by atoms with van der Waals surface area (Å²) in [7, 11) is 0. The van der Waals surface area contributed by atoms with Crippen molar-refractivity contribution in [3.05, 3.63) is 40.8 Å². The number of hydrogen-bond acceptors (Lipinski definition) is 7. The van der Waals surface area contributed by atoms with Gasteiger partial charge in [-0.25, -0.2) is 0 Å². The molecule has 1 saturated heterocycles. The highest BCUT2D eigenvalue weighted by Gasteiger charge is 2.30. The van der Waals surface area contributed by atoms with E-state index in [1.807, 2.05) is 33.8 Å². The Kier molecular flexibility index (Phi) is 10.2. The van der Waals surface area contributed by atoms with Crippen molar-refractivity contribution in [1.29, 1.82) is 0 Å². The first-order valence-electron chi connectivity index (χ1n) is 13.6. The maximum Gasteiger partial charge on any atom is 0.273 e. The van der Waals surface area contributed by atoms with Gasteiger partial charge in [0.15, 0.2) is 5.69 Å². The molecule has 4 rings (SSSR count). The van der Waals surface area contributed by atoms with E-state index in [1.165, 1.54) is 0 Å². The summed E-state index contributed by atoms with van der Waals surface area (Å²) in [5.41, 5.74) is 2.53. The number of carbonyl (C=O) groups excluding carboxylic acids is 3. The Morgan fingerprint density at radius 2 is 1.79 bits per heavy atom. The van der Waals surface area contributed by atoms with Crippen LogP contribution < -0.4 is 16.0 Å². The van der Waals surface area contributed by atoms with Crippen LogP contribution in [0.3, 0.4) is 0 Å². The number of phenols is 1. The number of nitrogens with zero attached hydrogens (tertiary/aromatic N) is 2. The van der Waals surface area contributed by atoms with Crippen LogP contribution in [0.2, 0.25) is 0 Å². The lowest BCUT2D eigenvalue weighted by Crippen LogP contribution is -2.47. The molecule has 2 aromatic rings. The van der Waals surface area contributed by atoms with Gasteiger partial charge in [0, 0.05) is 44.1 Å². The Balaban J connectivity index is 0.00000195. The fourth-order valence-corrected chi connectivity index (χ4v) is 4.46. The Hall–Kier alpha value is -3.56. The molecule has 1 atom stereocenters. The lowest BCUT2D eigenvalue weighted by molar-refractivity contribution is -0.132. The van der Waals surface area contributed by atoms with Gasteiger partial charge in [-0.1, -0.05) is 25.1 Å². The van der Waals surface area contributed by atoms with Gasteiger partial charge in [-0.2, -0.15) is 0 Å². The first kappa shape index (κ1) is 29.0. The first-order valence-corrected chi connectivity index (χ1v) is 13.6. The summed E-state index contributed by atoms with van der Waals surface area (Å²) >= 11 is 0. The summed E-state index contributed by atoms with van der Waals surface area (Å²) in [4.78, 5) is 39.3. The molecule has 1 aromatic carbocycles. The average Bonchev–Trinajstić information content (AvgIpc) is 3.64. The Morgan fingerprint density at radius 3 is 2.45 bits per heavy atom. The number of amides is 3. The standard InChI is InChI=1S/C26H35N5O5.C2H6/c1-15-12-16(2)24(33)20(13-15)28-17(3)25(34)27-9-6-23(32)31-10-7-19(8-11-31)29-26(35)21-14-22(36-30-21)18-4-5-18;1-2/h12-14,17-19,28,33H,4-11H2,1-3H3,(H,27,34)(H,29,35);1-2H3. The Bertz CT molecular complexity index is 1120. The summed E-state index contributed by atoms with van der Waals surface area (Å²) in [6, 6.07) is 4.79. The summed E-state index contributed by atoms with van der Waals surface area (Å²) in [5, 5.41) is 22.9. The molecule has 2 aliphatic rings. The normalized spacial score (nSPS) is 16.2. The van der Waals surface area contributed by atoms with E-state index in [2.05, 4.69) is 21.1 Å². The van der Waals surface area contributed by atoms with Crippen LogP contribution in [0.15, 0.2) is 22.7 Å². The third-order valence-electron chi connectivity index (χ3n) is 6.77. The number of piperidine rings is 1. The van der Waals surface area contributed by atoms with Crippen molar-refractivity contribution < 1.29 is 24.0 Å². The van der Waals surface area contributed by atoms with Crippen LogP contribution in [0, 0.1) is 13.8 Å². The molecular weight excluding hydrogens is 486 g/mol. The number of aromatic hydroxyl groups is 1. The second-order valence-corrected chi connectivity index (χ2v) is 9.90. The smallest absolute Gasteiger partial charge is 0.273 e. The highest BCUT2D eigenvalue weighted by molar-refractivity contribution is 5.92. The van der Waals surface area contributed by atoms with Crippen LogP contribution in [0.25, 0.3) is 0 Å². The monoisotopic (exact) mass is 527 g/mol. The van der Waals surface area contributed by atoms with Crippen molar-refractivity contribution in [2.45, 2.75) is 84.7 Å². The number of nitrogens with one attached hydrogen (secondary N) is 3. The summed E-state index contributed by atoms with van der Waals surface area (Å²) in [5.74, 6) is 0.789. The molecule has 0 radical (unpaired) electrons. The minimum absolute atomic E-state index is 0.0177. The average molecular weight is 528 g/mol. The van der Waals surface area contributed by atoms with Crippen molar-refractivity contribution in [2.75, 3.05) is 25.0 Å². The zero-order valence-electron chi connectivity index (χ0n) is 23.1. The molecule has 1 unspecified atom stereocenters. The molecule has 4 N–H and O–H groups in total. The third-order valence-corrected chi connectivity index (χ3v) is 6.77. The van der Waals surface area contributed by atoms with Gasteiger partial charge in [0.25, 0.3) is 5.91 Å². The second-order valence-electron chi connectivity index (χ2n) is 9.90. The highest BCUT2D eigenvalue weighted by Crippen LogP contribution is 2.40. The van der Waals surface area contributed by atoms with Crippen molar-refractivity contribution in [1.82, 2.24) is 20.7 Å². The summed E-state index contributed by atoms with van der Waals surface area (Å²) in [6.07, 6.45) is 3.70. The highest BCUT2D eigenvalue weighted by atomic mass is 16.5. The second kappa shape index (κ2) is 13.3. The van der Waals surface area contributed by atoms with Gasteiger partial charge in [-0.15, -0.1) is 0 Å². The van der Waals surface area contributed by atoms with Gasteiger partial charge >= 0.3 is 0 Å². The number of benzene rings is 1. The largest absolute Gasteiger partial charge is 0.506 e. The molecule has 0 bridgehead atoms. The fourth-order valence-electron chi connectivity index (χ4n) is 4.46. The SMILES string of the molecule is CC.Cc1cc(C)c(O)c(NC(C)C(=O)NCCC(=O)N2CCC(NC(=O)c3cc(C4CC4)on3)CC2)c1. The van der Waals surface area contributed by atoms with Crippen molar-refractivity contribution in [2.24, 2.45) is 0 Å². The predicted octanol–water partition coefficient (Wildman–Crippen LogP) is 3.63. The molecule has 208 valence electrons. The maximum absolute atomic E-state index is 12.6. The third kappa shape index (κ3) is 7.72. The Morgan fingerprint density at radius 1 is 1.11 bits per heavy atom. The molecule has 1 aliphatic heterocycles. The predicted molar refractivity (Wildman–Crippen MR) is 145 cm³/mol. The fraction of sp³-hybridized carbons (Fsp3) is 0.571. The van der Waals surface area contributed by atoms with Crippen LogP contribution in [-0.4, -0.2) is 64.6 Å². The number of rotatable bonds is 9. The molecule has 2 heterocycles. The van der Waals surface area contributed by atoms with Crippen molar-refractivity contribution in [3.8, 4) is 5.75 Å². The number of aryl methyl sites for hydroxylation is 2. The molecule has 10 nitrogen and oxygen atoms in total. The first-order chi connectivity index (χ1) is 18.2. The number of likely N-dealkylation sites (tertiary alicyclic amines) is 1. The maximum atomic E-state index is 12.6. The molecule has 38 heavy (non-hydrogen) atoms. The minimum Gasteiger partial charge on any atom is -0.506 e. The van der Waals surface area contributed by atoms with Crippen LogP contribution >= 0.6 is 0 Å². The number of anilines is 1. The van der Waals surface area contributed by atoms with Crippen LogP contribution in [0.1, 0.15) is 86.2 Å². The molecule has 1 aliphatic carbocycles. The van der Waals surface area contributed by atoms with E-state index in [-0.39, 0.29) is 42.5 Å². The van der Waals surface area contributed by atoms with Crippen LogP contribution in [0.5, 0.6) is 5.75 Å². The molecule has 2 fully saturated rings. The number of hydrogen-bond donors (Lipinski definition) is 4. The molecule has 1 aromatic heterocycles. The van der Waals surface area contributed by atoms with E-state index < -0.39 is 6.04 Å². The van der Waals surface area contributed by atoms with Crippen molar-refractivity contribution in [3.63, 3.8) is 0 Å². The van der Waals surface area contributed by atoms with Gasteiger partial charge in [0.05, 0.1) is 5.69 Å². The van der Waals surface area contributed by atoms with E-state index in [0.29, 0.717) is 43.2 Å². The summed E-state index contributed by atoms with van der Waals surface area (Å²) in [6.45, 7) is 10.8. The van der Waals surface area contributed by atoms with Gasteiger partial charge in [-0.05, 0) is 63.6 Å². The van der Waals surface area contributed by atoms with E-state index in [9.17, 15) is 19.5 Å². The molecule has 3 amide bonds. The lowest BCUT2D eigenvalue weighted by atomic mass is 10.0. The van der Waals surface area contributed by atoms with Crippen LogP contribution in [-0.2, 0) is 9.59 Å². The van der Waals surface area contributed by atoms with Crippen molar-refractivity contribution >= 4 is 23.4 Å². The topological polar surface area (TPSA) is 137 Å². The quantitative estimate of drug-likeness (QED) is 0.366. The number of aromatic nitrogens is 1. The Labute approximate surface area is 224 Å². The molecule has 10 heteroatoms. The van der Waals surface area contributed by atoms with Gasteiger partial charge in [0.2, 0.25) is 11.8 Å². The van der Waals surface area contributed by atoms with E-state index in [0.717, 1.165) is 29.7 Å². The van der Waals surface area contributed by atoms with E-state index >= 15 is 0 Å². The lowest BCUT2D eigenvalue weighted by Gasteiger charge is -2.32. The van der Waals surface area contributed by atoms with Gasteiger partial charge < -0.3 is 30.5 Å². The van der Waals surface area contributed by atoms with E-state index in [1.54, 1.807) is 24.0 Å². The zero-order chi connectivity index (χ0) is 27.8. The number of phenolic OH excluding ortho intramolecular Hbond substituents is 1. The number of carbonyl (C=O) groups is 3. The molecule has 1 saturated carbocycles. The minimum atomic E-state index is -0.573. The summed E-state index contributed by atoms with van der Waals surface area (Å²) < 4.78 is 5.25. The van der Waals surface area contributed by atoms with Crippen LogP contribution in [0.4, 0.5) is 5.69 Å². The zero-order valence-corrected chi connectivity index (χ0v) is 23.1. The van der Waals surface area contributed by atoms with Gasteiger partial charge in [-0.3, -0.25) is 14.4 Å². The van der Waals surface area contributed by atoms with Gasteiger partial charge in [0.1, 0.15) is 17.6 Å².